The topological polar surface area (TPSA) is 96.2 Å². The van der Waals surface area contributed by atoms with Crippen LogP contribution in [-0.2, 0) is 33.7 Å². The van der Waals surface area contributed by atoms with Crippen LogP contribution in [0.4, 0.5) is 0 Å². The first-order valence-corrected chi connectivity index (χ1v) is 12.4. The largest absolute Gasteiger partial charge is 0.380 e. The number of nitrogens with one attached hydrogen (secondary N) is 1. The Morgan fingerprint density at radius 3 is 2.68 bits per heavy atom. The summed E-state index contributed by atoms with van der Waals surface area (Å²) in [5.74, 6) is 2.40. The SMILES string of the molecule is C#CCCC1(CCC(=O)N(Cc2cnc3c(c2)CCCC3)C(C(=O)NCC)C2(C)COC2)N=N1. The van der Waals surface area contributed by atoms with Crippen LogP contribution in [0.2, 0.25) is 0 Å². The summed E-state index contributed by atoms with van der Waals surface area (Å²) in [6.07, 6.45) is 13.6. The van der Waals surface area contributed by atoms with Crippen molar-refractivity contribution in [2.75, 3.05) is 19.8 Å². The van der Waals surface area contributed by atoms with E-state index in [2.05, 4.69) is 32.5 Å². The number of hydrogen-bond donors (Lipinski definition) is 1. The first-order valence-electron chi connectivity index (χ1n) is 12.4. The summed E-state index contributed by atoms with van der Waals surface area (Å²) < 4.78 is 5.49. The Labute approximate surface area is 201 Å². The molecule has 1 N–H and O–H groups in total. The second-order valence-electron chi connectivity index (χ2n) is 10.0. The number of pyridine rings is 1. The van der Waals surface area contributed by atoms with Gasteiger partial charge in [0.05, 0.1) is 13.2 Å². The highest BCUT2D eigenvalue weighted by Gasteiger charge is 2.50. The molecule has 1 aliphatic carbocycles. The number of aryl methyl sites for hydroxylation is 2. The molecule has 2 amide bonds. The second-order valence-corrected chi connectivity index (χ2v) is 10.0. The average Bonchev–Trinajstić information content (AvgIpc) is 3.60. The van der Waals surface area contributed by atoms with E-state index in [1.54, 1.807) is 4.90 Å². The van der Waals surface area contributed by atoms with Gasteiger partial charge in [-0.2, -0.15) is 10.2 Å². The van der Waals surface area contributed by atoms with Gasteiger partial charge in [-0.25, -0.2) is 0 Å². The molecule has 3 heterocycles. The van der Waals surface area contributed by atoms with Gasteiger partial charge in [0.1, 0.15) is 6.04 Å². The van der Waals surface area contributed by atoms with E-state index in [0.717, 1.165) is 30.5 Å². The second kappa shape index (κ2) is 10.2. The molecule has 182 valence electrons. The molecule has 1 unspecified atom stereocenters. The van der Waals surface area contributed by atoms with Crippen LogP contribution in [0.1, 0.15) is 69.2 Å². The number of terminal acetylenes is 1. The van der Waals surface area contributed by atoms with E-state index in [0.29, 0.717) is 45.6 Å². The van der Waals surface area contributed by atoms with Crippen LogP contribution in [-0.4, -0.2) is 53.2 Å². The minimum Gasteiger partial charge on any atom is -0.380 e. The van der Waals surface area contributed by atoms with Gasteiger partial charge in [-0.05, 0) is 43.7 Å². The lowest BCUT2D eigenvalue weighted by Gasteiger charge is -2.48. The number of nitrogens with zero attached hydrogens (tertiary/aromatic N) is 4. The molecule has 8 nitrogen and oxygen atoms in total. The molecule has 1 aromatic heterocycles. The van der Waals surface area contributed by atoms with Gasteiger partial charge in [-0.15, -0.1) is 12.3 Å². The fourth-order valence-electron chi connectivity index (χ4n) is 5.05. The Morgan fingerprint density at radius 1 is 1.26 bits per heavy atom. The summed E-state index contributed by atoms with van der Waals surface area (Å²) in [4.78, 5) is 33.4. The van der Waals surface area contributed by atoms with Crippen molar-refractivity contribution < 1.29 is 14.3 Å². The predicted octanol–water partition coefficient (Wildman–Crippen LogP) is 3.19. The number of ether oxygens (including phenoxy) is 1. The van der Waals surface area contributed by atoms with Gasteiger partial charge >= 0.3 is 0 Å². The molecular weight excluding hydrogens is 430 g/mol. The molecule has 1 atom stereocenters. The quantitative estimate of drug-likeness (QED) is 0.508. The maximum absolute atomic E-state index is 13.7. The lowest BCUT2D eigenvalue weighted by Crippen LogP contribution is -2.63. The highest BCUT2D eigenvalue weighted by atomic mass is 16.5. The Bertz CT molecular complexity index is 989. The Balaban J connectivity index is 1.57. The summed E-state index contributed by atoms with van der Waals surface area (Å²) in [6, 6.07) is 1.54. The lowest BCUT2D eigenvalue weighted by molar-refractivity contribution is -0.171. The van der Waals surface area contributed by atoms with Crippen molar-refractivity contribution in [3.05, 3.63) is 29.1 Å². The van der Waals surface area contributed by atoms with Gasteiger partial charge in [0.15, 0.2) is 5.66 Å². The summed E-state index contributed by atoms with van der Waals surface area (Å²) in [7, 11) is 0. The van der Waals surface area contributed by atoms with Crippen LogP contribution >= 0.6 is 0 Å². The van der Waals surface area contributed by atoms with E-state index in [9.17, 15) is 9.59 Å². The van der Waals surface area contributed by atoms with Crippen molar-refractivity contribution in [1.82, 2.24) is 15.2 Å². The van der Waals surface area contributed by atoms with Gasteiger partial charge in [0.2, 0.25) is 11.8 Å². The van der Waals surface area contributed by atoms with Gasteiger partial charge in [0.25, 0.3) is 0 Å². The van der Waals surface area contributed by atoms with Crippen LogP contribution in [0.5, 0.6) is 0 Å². The number of carbonyl (C=O) groups is 2. The van der Waals surface area contributed by atoms with E-state index < -0.39 is 17.1 Å². The van der Waals surface area contributed by atoms with E-state index in [1.165, 1.54) is 12.0 Å². The molecule has 1 fully saturated rings. The monoisotopic (exact) mass is 465 g/mol. The third-order valence-electron chi connectivity index (χ3n) is 7.13. The van der Waals surface area contributed by atoms with Crippen molar-refractivity contribution >= 4 is 11.8 Å². The minimum absolute atomic E-state index is 0.0838. The Hall–Kier alpha value is -2.79. The maximum Gasteiger partial charge on any atom is 0.243 e. The first kappa shape index (κ1) is 24.3. The molecule has 0 bridgehead atoms. The van der Waals surface area contributed by atoms with Crippen molar-refractivity contribution in [2.45, 2.75) is 83.5 Å². The number of hydrogen-bond acceptors (Lipinski definition) is 6. The first-order chi connectivity index (χ1) is 16.4. The highest BCUT2D eigenvalue weighted by Crippen LogP contribution is 2.39. The molecule has 0 spiro atoms. The highest BCUT2D eigenvalue weighted by molar-refractivity contribution is 5.88. The van der Waals surface area contributed by atoms with Gasteiger partial charge < -0.3 is 15.0 Å². The average molecular weight is 466 g/mol. The number of amides is 2. The van der Waals surface area contributed by atoms with Gasteiger partial charge in [0, 0.05) is 56.1 Å². The van der Waals surface area contributed by atoms with Crippen LogP contribution in [0.3, 0.4) is 0 Å². The molecular formula is C26H35N5O3. The van der Waals surface area contributed by atoms with Crippen molar-refractivity contribution in [3.8, 4) is 12.3 Å². The van der Waals surface area contributed by atoms with E-state index >= 15 is 0 Å². The number of likely N-dealkylation sites (N-methyl/N-ethyl adjacent to an activating group) is 1. The molecule has 3 aliphatic rings. The molecule has 34 heavy (non-hydrogen) atoms. The molecule has 0 aromatic carbocycles. The van der Waals surface area contributed by atoms with E-state index in [-0.39, 0.29) is 18.2 Å². The van der Waals surface area contributed by atoms with E-state index in [1.807, 2.05) is 20.0 Å². The third-order valence-corrected chi connectivity index (χ3v) is 7.13. The lowest BCUT2D eigenvalue weighted by atomic mass is 9.78. The van der Waals surface area contributed by atoms with E-state index in [4.69, 9.17) is 11.2 Å². The van der Waals surface area contributed by atoms with Crippen LogP contribution < -0.4 is 5.32 Å². The smallest absolute Gasteiger partial charge is 0.243 e. The van der Waals surface area contributed by atoms with Crippen molar-refractivity contribution in [3.63, 3.8) is 0 Å². The molecule has 1 saturated heterocycles. The minimum atomic E-state index is -0.625. The summed E-state index contributed by atoms with van der Waals surface area (Å²) in [6.45, 7) is 5.63. The molecule has 4 rings (SSSR count). The van der Waals surface area contributed by atoms with Gasteiger partial charge in [-0.1, -0.05) is 13.0 Å². The van der Waals surface area contributed by atoms with Gasteiger partial charge in [-0.3, -0.25) is 14.6 Å². The Kier molecular flexibility index (Phi) is 7.32. The molecule has 0 radical (unpaired) electrons. The number of rotatable bonds is 11. The number of aromatic nitrogens is 1. The third kappa shape index (κ3) is 5.30. The number of fused-ring (bicyclic) bond motifs is 1. The summed E-state index contributed by atoms with van der Waals surface area (Å²) in [5, 5.41) is 11.3. The van der Waals surface area contributed by atoms with Crippen molar-refractivity contribution in [1.29, 1.82) is 0 Å². The standard InChI is InChI=1S/C26H35N5O3/c1-4-6-12-26(29-30-26)13-11-22(32)31(23(24(33)27-5-2)25(3)17-34-18-25)16-19-14-20-9-7-8-10-21(20)28-15-19/h1,14-15,23H,5-13,16-18H2,2-3H3,(H,27,33). The zero-order valence-corrected chi connectivity index (χ0v) is 20.3. The summed E-state index contributed by atoms with van der Waals surface area (Å²) in [5.41, 5.74) is 2.39. The predicted molar refractivity (Wildman–Crippen MR) is 128 cm³/mol. The number of carbonyl (C=O) groups excluding carboxylic acids is 2. The van der Waals surface area contributed by atoms with Crippen LogP contribution in [0.25, 0.3) is 0 Å². The molecule has 8 heteroatoms. The molecule has 0 saturated carbocycles. The normalized spacial score (nSPS) is 19.8. The zero-order valence-electron chi connectivity index (χ0n) is 20.3. The molecule has 2 aliphatic heterocycles. The fourth-order valence-corrected chi connectivity index (χ4v) is 5.05. The Morgan fingerprint density at radius 2 is 2.03 bits per heavy atom. The summed E-state index contributed by atoms with van der Waals surface area (Å²) >= 11 is 0. The zero-order chi connectivity index (χ0) is 24.2. The van der Waals surface area contributed by atoms with Crippen molar-refractivity contribution in [2.24, 2.45) is 15.6 Å². The molecule has 1 aromatic rings. The van der Waals surface area contributed by atoms with Crippen LogP contribution in [0, 0.1) is 17.8 Å². The van der Waals surface area contributed by atoms with Crippen LogP contribution in [0.15, 0.2) is 22.5 Å². The maximum atomic E-state index is 13.7. The fraction of sp³-hybridized carbons (Fsp3) is 0.654.